The Morgan fingerprint density at radius 1 is 0.815 bits per heavy atom. The van der Waals surface area contributed by atoms with E-state index in [0.717, 1.165) is 10.9 Å². The molecule has 1 aromatic heterocycles. The molecule has 0 unspecified atom stereocenters. The van der Waals surface area contributed by atoms with Gasteiger partial charge in [0.25, 0.3) is 0 Å². The van der Waals surface area contributed by atoms with E-state index in [9.17, 15) is 0 Å². The maximum absolute atomic E-state index is 3.66. The van der Waals surface area contributed by atoms with Crippen LogP contribution in [0.1, 0.15) is 43.7 Å². The molecule has 0 aliphatic heterocycles. The molecule has 0 aliphatic rings. The molecule has 27 heavy (non-hydrogen) atoms. The minimum atomic E-state index is 1.12. The fourth-order valence-electron chi connectivity index (χ4n) is 4.09. The first kappa shape index (κ1) is 18.3. The Morgan fingerprint density at radius 3 is 2.48 bits per heavy atom. The van der Waals surface area contributed by atoms with Crippen molar-refractivity contribution >= 4 is 37.7 Å². The highest BCUT2D eigenvalue weighted by atomic mass is 79.9. The van der Waals surface area contributed by atoms with Gasteiger partial charge in [-0.25, -0.2) is 0 Å². The van der Waals surface area contributed by atoms with Crippen molar-refractivity contribution in [3.8, 4) is 5.69 Å². The summed E-state index contributed by atoms with van der Waals surface area (Å²) in [5.41, 5.74) is 6.58. The molecule has 0 aliphatic carbocycles. The first-order valence-electron chi connectivity index (χ1n) is 9.97. The Bertz CT molecular complexity index is 1090. The van der Waals surface area contributed by atoms with Gasteiger partial charge >= 0.3 is 0 Å². The molecule has 3 aromatic carbocycles. The van der Waals surface area contributed by atoms with Gasteiger partial charge in [-0.05, 0) is 61.2 Å². The fourth-order valence-corrected chi connectivity index (χ4v) is 4.44. The van der Waals surface area contributed by atoms with Gasteiger partial charge in [0.2, 0.25) is 0 Å². The molecule has 1 nitrogen and oxygen atoms in total. The highest BCUT2D eigenvalue weighted by Crippen LogP contribution is 2.34. The minimum absolute atomic E-state index is 1.12. The van der Waals surface area contributed by atoms with Crippen LogP contribution < -0.4 is 0 Å². The molecule has 0 saturated carbocycles. The summed E-state index contributed by atoms with van der Waals surface area (Å²) >= 11 is 3.66. The molecule has 0 radical (unpaired) electrons. The maximum atomic E-state index is 3.66. The molecule has 1 heterocycles. The second kappa shape index (κ2) is 7.90. The van der Waals surface area contributed by atoms with Crippen molar-refractivity contribution < 1.29 is 0 Å². The zero-order valence-electron chi connectivity index (χ0n) is 16.1. The van der Waals surface area contributed by atoms with E-state index >= 15 is 0 Å². The lowest BCUT2D eigenvalue weighted by molar-refractivity contribution is 0.666. The van der Waals surface area contributed by atoms with E-state index in [1.165, 1.54) is 64.3 Å². The number of nitrogens with zero attached hydrogens (tertiary/aromatic N) is 1. The van der Waals surface area contributed by atoms with Crippen LogP contribution in [0.4, 0.5) is 0 Å². The first-order chi connectivity index (χ1) is 13.2. The number of halogens is 1. The van der Waals surface area contributed by atoms with Crippen LogP contribution in [0.3, 0.4) is 0 Å². The zero-order chi connectivity index (χ0) is 18.8. The van der Waals surface area contributed by atoms with E-state index in [4.69, 9.17) is 0 Å². The summed E-state index contributed by atoms with van der Waals surface area (Å²) in [4.78, 5) is 0. The highest BCUT2D eigenvalue weighted by molar-refractivity contribution is 9.10. The number of hydrogen-bond acceptors (Lipinski definition) is 0. The fraction of sp³-hybridized carbons (Fsp3) is 0.280. The predicted molar refractivity (Wildman–Crippen MR) is 121 cm³/mol. The van der Waals surface area contributed by atoms with Crippen molar-refractivity contribution in [2.45, 2.75) is 46.0 Å². The second-order valence-electron chi connectivity index (χ2n) is 7.50. The van der Waals surface area contributed by atoms with Gasteiger partial charge in [-0.15, -0.1) is 0 Å². The normalized spacial score (nSPS) is 11.5. The molecule has 0 amide bonds. The number of aryl methyl sites for hydroxylation is 2. The van der Waals surface area contributed by atoms with E-state index in [1.807, 2.05) is 0 Å². The van der Waals surface area contributed by atoms with Gasteiger partial charge in [-0.3, -0.25) is 0 Å². The van der Waals surface area contributed by atoms with Crippen LogP contribution in [0, 0.1) is 6.92 Å². The van der Waals surface area contributed by atoms with Crippen LogP contribution in [-0.2, 0) is 6.42 Å². The standard InChI is InChI=1S/C25H26BrN/c1-3-4-5-6-9-19-14-18(2)15-21(16-19)27-24-11-8-7-10-22(24)23-13-12-20(26)17-25(23)27/h7-8,10-17H,3-6,9H2,1-2H3. The van der Waals surface area contributed by atoms with Gasteiger partial charge in [0.15, 0.2) is 0 Å². The smallest absolute Gasteiger partial charge is 0.0552 e. The lowest BCUT2D eigenvalue weighted by atomic mass is 10.0. The largest absolute Gasteiger partial charge is 0.309 e. The number of hydrogen-bond donors (Lipinski definition) is 0. The van der Waals surface area contributed by atoms with Crippen molar-refractivity contribution in [1.82, 2.24) is 4.57 Å². The zero-order valence-corrected chi connectivity index (χ0v) is 17.7. The molecular weight excluding hydrogens is 394 g/mol. The van der Waals surface area contributed by atoms with Crippen molar-refractivity contribution in [2.75, 3.05) is 0 Å². The van der Waals surface area contributed by atoms with Gasteiger partial charge < -0.3 is 4.57 Å². The summed E-state index contributed by atoms with van der Waals surface area (Å²) in [6, 6.07) is 22.3. The second-order valence-corrected chi connectivity index (χ2v) is 8.42. The van der Waals surface area contributed by atoms with Crippen molar-refractivity contribution in [3.63, 3.8) is 0 Å². The van der Waals surface area contributed by atoms with Crippen molar-refractivity contribution in [1.29, 1.82) is 0 Å². The van der Waals surface area contributed by atoms with E-state index in [0.29, 0.717) is 0 Å². The Labute approximate surface area is 170 Å². The Morgan fingerprint density at radius 2 is 1.63 bits per heavy atom. The number of rotatable bonds is 6. The topological polar surface area (TPSA) is 4.93 Å². The molecule has 0 spiro atoms. The third kappa shape index (κ3) is 3.68. The third-order valence-corrected chi connectivity index (χ3v) is 5.83. The molecule has 4 aromatic rings. The maximum Gasteiger partial charge on any atom is 0.0552 e. The van der Waals surface area contributed by atoms with Gasteiger partial charge in [-0.2, -0.15) is 0 Å². The van der Waals surface area contributed by atoms with Crippen LogP contribution in [-0.4, -0.2) is 4.57 Å². The molecule has 4 rings (SSSR count). The van der Waals surface area contributed by atoms with E-state index in [1.54, 1.807) is 0 Å². The van der Waals surface area contributed by atoms with Gasteiger partial charge in [-0.1, -0.05) is 72.4 Å². The van der Waals surface area contributed by atoms with Gasteiger partial charge in [0.05, 0.1) is 11.0 Å². The van der Waals surface area contributed by atoms with E-state index in [2.05, 4.69) is 95.0 Å². The molecule has 0 N–H and O–H groups in total. The first-order valence-corrected chi connectivity index (χ1v) is 10.8. The van der Waals surface area contributed by atoms with Crippen LogP contribution >= 0.6 is 15.9 Å². The van der Waals surface area contributed by atoms with Crippen LogP contribution in [0.2, 0.25) is 0 Å². The Balaban J connectivity index is 1.86. The average Bonchev–Trinajstić information content (AvgIpc) is 2.98. The van der Waals surface area contributed by atoms with Gasteiger partial charge in [0, 0.05) is 20.9 Å². The molecule has 0 atom stereocenters. The number of unbranched alkanes of at least 4 members (excludes halogenated alkanes) is 3. The molecule has 0 saturated heterocycles. The number of benzene rings is 3. The Kier molecular flexibility index (Phi) is 5.36. The van der Waals surface area contributed by atoms with Crippen LogP contribution in [0.15, 0.2) is 65.1 Å². The van der Waals surface area contributed by atoms with Crippen molar-refractivity contribution in [2.24, 2.45) is 0 Å². The predicted octanol–water partition coefficient (Wildman–Crippen LogP) is 7.98. The molecular formula is C25H26BrN. The van der Waals surface area contributed by atoms with Crippen LogP contribution in [0.5, 0.6) is 0 Å². The summed E-state index contributed by atoms with van der Waals surface area (Å²) in [7, 11) is 0. The van der Waals surface area contributed by atoms with Crippen molar-refractivity contribution in [3.05, 3.63) is 76.3 Å². The van der Waals surface area contributed by atoms with E-state index in [-0.39, 0.29) is 0 Å². The van der Waals surface area contributed by atoms with Gasteiger partial charge in [0.1, 0.15) is 0 Å². The quantitative estimate of drug-likeness (QED) is 0.279. The lowest BCUT2D eigenvalue weighted by Gasteiger charge is -2.12. The highest BCUT2D eigenvalue weighted by Gasteiger charge is 2.13. The summed E-state index contributed by atoms with van der Waals surface area (Å²) < 4.78 is 3.53. The molecule has 138 valence electrons. The summed E-state index contributed by atoms with van der Waals surface area (Å²) in [6.45, 7) is 4.48. The average molecular weight is 420 g/mol. The third-order valence-electron chi connectivity index (χ3n) is 5.33. The summed E-state index contributed by atoms with van der Waals surface area (Å²) in [5.74, 6) is 0. The van der Waals surface area contributed by atoms with E-state index < -0.39 is 0 Å². The lowest BCUT2D eigenvalue weighted by Crippen LogP contribution is -1.97. The molecule has 2 heteroatoms. The summed E-state index contributed by atoms with van der Waals surface area (Å²) in [5, 5.41) is 2.62. The minimum Gasteiger partial charge on any atom is -0.309 e. The number of aromatic nitrogens is 1. The monoisotopic (exact) mass is 419 g/mol. The molecule has 0 fully saturated rings. The molecule has 0 bridgehead atoms. The Hall–Kier alpha value is -2.06. The van der Waals surface area contributed by atoms with Crippen LogP contribution in [0.25, 0.3) is 27.5 Å². The number of para-hydroxylation sites is 1. The summed E-state index contributed by atoms with van der Waals surface area (Å²) in [6.07, 6.45) is 6.38. The number of fused-ring (bicyclic) bond motifs is 3. The SMILES string of the molecule is CCCCCCc1cc(C)cc(-n2c3ccccc3c3ccc(Br)cc32)c1.